The first-order chi connectivity index (χ1) is 12.8. The summed E-state index contributed by atoms with van der Waals surface area (Å²) in [6, 6.07) is 8.90. The summed E-state index contributed by atoms with van der Waals surface area (Å²) in [4.78, 5) is 12.1. The van der Waals surface area contributed by atoms with Crippen LogP contribution in [0.15, 0.2) is 42.5 Å². The van der Waals surface area contributed by atoms with Gasteiger partial charge in [0.05, 0.1) is 6.54 Å². The van der Waals surface area contributed by atoms with Gasteiger partial charge in [-0.1, -0.05) is 17.7 Å². The average molecular weight is 416 g/mol. The molecule has 0 atom stereocenters. The van der Waals surface area contributed by atoms with Gasteiger partial charge >= 0.3 is 0 Å². The van der Waals surface area contributed by atoms with Crippen LogP contribution in [0.4, 0.5) is 14.5 Å². The molecule has 3 rings (SSSR count). The molecule has 1 saturated heterocycles. The van der Waals surface area contributed by atoms with Crippen molar-refractivity contribution < 1.29 is 22.0 Å². The number of amides is 1. The second-order valence-corrected chi connectivity index (χ2v) is 8.30. The van der Waals surface area contributed by atoms with E-state index in [4.69, 9.17) is 11.6 Å². The Labute approximate surface area is 160 Å². The second kappa shape index (κ2) is 7.89. The van der Waals surface area contributed by atoms with Crippen molar-refractivity contribution in [2.45, 2.75) is 6.54 Å². The van der Waals surface area contributed by atoms with Crippen LogP contribution >= 0.6 is 11.6 Å². The molecule has 1 N–H and O–H groups in total. The highest BCUT2D eigenvalue weighted by molar-refractivity contribution is 7.87. The highest BCUT2D eigenvalue weighted by atomic mass is 35.5. The van der Waals surface area contributed by atoms with Crippen molar-refractivity contribution in [2.75, 3.05) is 25.0 Å². The average Bonchev–Trinajstić information content (AvgIpc) is 2.87. The number of anilines is 1. The van der Waals surface area contributed by atoms with Gasteiger partial charge in [0.1, 0.15) is 11.6 Å². The van der Waals surface area contributed by atoms with Crippen molar-refractivity contribution in [3.8, 4) is 0 Å². The molecular formula is C17H16ClF2N3O3S. The van der Waals surface area contributed by atoms with Gasteiger partial charge in [-0.3, -0.25) is 4.79 Å². The van der Waals surface area contributed by atoms with Gasteiger partial charge in [-0.25, -0.2) is 8.78 Å². The van der Waals surface area contributed by atoms with Gasteiger partial charge in [0, 0.05) is 30.3 Å². The Hall–Kier alpha value is -2.07. The number of carbonyl (C=O) groups is 1. The number of hydrogen-bond acceptors (Lipinski definition) is 3. The normalized spacial score (nSPS) is 17.1. The van der Waals surface area contributed by atoms with Gasteiger partial charge in [0.15, 0.2) is 0 Å². The molecule has 6 nitrogen and oxygen atoms in total. The molecule has 1 heterocycles. The first kappa shape index (κ1) is 19.7. The molecular weight excluding hydrogens is 400 g/mol. The Morgan fingerprint density at radius 2 is 1.67 bits per heavy atom. The van der Waals surface area contributed by atoms with Gasteiger partial charge in [-0.05, 0) is 42.0 Å². The molecule has 0 unspecified atom stereocenters. The number of nitrogens with one attached hydrogen (secondary N) is 1. The van der Waals surface area contributed by atoms with Crippen LogP contribution in [-0.2, 0) is 21.5 Å². The molecule has 144 valence electrons. The van der Waals surface area contributed by atoms with Gasteiger partial charge < -0.3 is 5.32 Å². The first-order valence-electron chi connectivity index (χ1n) is 8.00. The first-order valence-corrected chi connectivity index (χ1v) is 9.78. The molecule has 2 aromatic rings. The zero-order valence-corrected chi connectivity index (χ0v) is 15.6. The number of nitrogens with zero attached hydrogens (tertiary/aromatic N) is 2. The molecule has 1 aliphatic heterocycles. The summed E-state index contributed by atoms with van der Waals surface area (Å²) in [6.45, 7) is -0.0667. The van der Waals surface area contributed by atoms with E-state index in [9.17, 15) is 22.0 Å². The van der Waals surface area contributed by atoms with Crippen LogP contribution < -0.4 is 5.32 Å². The maximum atomic E-state index is 13.1. The van der Waals surface area contributed by atoms with Crippen molar-refractivity contribution >= 4 is 33.4 Å². The molecule has 0 radical (unpaired) electrons. The summed E-state index contributed by atoms with van der Waals surface area (Å²) in [5, 5.41) is 2.66. The summed E-state index contributed by atoms with van der Waals surface area (Å²) in [5.74, 6) is -1.48. The summed E-state index contributed by atoms with van der Waals surface area (Å²) in [6.07, 6.45) is 0. The molecule has 1 aliphatic rings. The van der Waals surface area contributed by atoms with E-state index in [0.29, 0.717) is 11.3 Å². The van der Waals surface area contributed by atoms with Crippen molar-refractivity contribution in [2.24, 2.45) is 0 Å². The minimum atomic E-state index is -3.85. The minimum absolute atomic E-state index is 0.0163. The van der Waals surface area contributed by atoms with E-state index in [1.54, 1.807) is 0 Å². The summed E-state index contributed by atoms with van der Waals surface area (Å²) >= 11 is 5.96. The standard InChI is InChI=1S/C17H16ClF2N3O3S/c18-16-9-14(20)2-1-12(16)10-22-7-8-23(27(22,25)26)11-17(24)21-15-5-3-13(19)4-6-15/h1-6,9H,7-8,10-11H2,(H,21,24). The largest absolute Gasteiger partial charge is 0.325 e. The highest BCUT2D eigenvalue weighted by Gasteiger charge is 2.37. The van der Waals surface area contributed by atoms with Crippen molar-refractivity contribution in [1.82, 2.24) is 8.61 Å². The molecule has 1 fully saturated rings. The van der Waals surface area contributed by atoms with Gasteiger partial charge in [0.25, 0.3) is 10.2 Å². The Morgan fingerprint density at radius 3 is 2.33 bits per heavy atom. The second-order valence-electron chi connectivity index (χ2n) is 5.97. The molecule has 10 heteroatoms. The third-order valence-corrected chi connectivity index (χ3v) is 6.34. The summed E-state index contributed by atoms with van der Waals surface area (Å²) in [5.41, 5.74) is 0.840. The fourth-order valence-corrected chi connectivity index (χ4v) is 4.43. The van der Waals surface area contributed by atoms with Crippen LogP contribution in [0.2, 0.25) is 5.02 Å². The van der Waals surface area contributed by atoms with E-state index < -0.39 is 27.8 Å². The summed E-state index contributed by atoms with van der Waals surface area (Å²) in [7, 11) is -3.85. The Morgan fingerprint density at radius 1 is 1.04 bits per heavy atom. The zero-order valence-electron chi connectivity index (χ0n) is 14.0. The maximum Gasteiger partial charge on any atom is 0.282 e. The summed E-state index contributed by atoms with van der Waals surface area (Å²) < 4.78 is 53.5. The minimum Gasteiger partial charge on any atom is -0.325 e. The maximum absolute atomic E-state index is 13.1. The zero-order chi connectivity index (χ0) is 19.6. The van der Waals surface area contributed by atoms with Crippen molar-refractivity contribution in [3.63, 3.8) is 0 Å². The molecule has 0 aromatic heterocycles. The van der Waals surface area contributed by atoms with Crippen LogP contribution in [0.1, 0.15) is 5.56 Å². The SMILES string of the molecule is O=C(CN1CCN(Cc2ccc(F)cc2Cl)S1(=O)=O)Nc1ccc(F)cc1. The van der Waals surface area contributed by atoms with Crippen LogP contribution in [0.25, 0.3) is 0 Å². The molecule has 27 heavy (non-hydrogen) atoms. The van der Waals surface area contributed by atoms with Gasteiger partial charge in [-0.15, -0.1) is 0 Å². The lowest BCUT2D eigenvalue weighted by molar-refractivity contribution is -0.116. The predicted octanol–water partition coefficient (Wildman–Crippen LogP) is 2.62. The van der Waals surface area contributed by atoms with E-state index in [0.717, 1.165) is 10.4 Å². The monoisotopic (exact) mass is 415 g/mol. The predicted molar refractivity (Wildman–Crippen MR) is 97.3 cm³/mol. The van der Waals surface area contributed by atoms with Crippen LogP contribution in [-0.4, -0.2) is 42.6 Å². The molecule has 0 bridgehead atoms. The number of rotatable bonds is 5. The lowest BCUT2D eigenvalue weighted by Gasteiger charge is -2.19. The van der Waals surface area contributed by atoms with Gasteiger partial charge in [-0.2, -0.15) is 17.0 Å². The lowest BCUT2D eigenvalue weighted by Crippen LogP contribution is -2.37. The molecule has 1 amide bonds. The molecule has 0 spiro atoms. The van der Waals surface area contributed by atoms with Crippen LogP contribution in [0.3, 0.4) is 0 Å². The number of hydrogen-bond donors (Lipinski definition) is 1. The number of halogens is 3. The van der Waals surface area contributed by atoms with Crippen molar-refractivity contribution in [3.05, 3.63) is 64.7 Å². The molecule has 0 saturated carbocycles. The van der Waals surface area contributed by atoms with Crippen LogP contribution in [0, 0.1) is 11.6 Å². The van der Waals surface area contributed by atoms with E-state index in [2.05, 4.69) is 5.32 Å². The lowest BCUT2D eigenvalue weighted by atomic mass is 10.2. The van der Waals surface area contributed by atoms with Gasteiger partial charge in [0.2, 0.25) is 5.91 Å². The number of carbonyl (C=O) groups excluding carboxylic acids is 1. The highest BCUT2D eigenvalue weighted by Crippen LogP contribution is 2.24. The fraction of sp³-hybridized carbons (Fsp3) is 0.235. The Balaban J connectivity index is 1.64. The third-order valence-electron chi connectivity index (χ3n) is 4.06. The van der Waals surface area contributed by atoms with E-state index in [-0.39, 0.29) is 31.2 Å². The quantitative estimate of drug-likeness (QED) is 0.816. The van der Waals surface area contributed by atoms with Crippen molar-refractivity contribution in [1.29, 1.82) is 0 Å². The van der Waals surface area contributed by atoms with E-state index in [1.165, 1.54) is 40.7 Å². The third kappa shape index (κ3) is 4.62. The van der Waals surface area contributed by atoms with Crippen LogP contribution in [0.5, 0.6) is 0 Å². The topological polar surface area (TPSA) is 69.7 Å². The fourth-order valence-electron chi connectivity index (χ4n) is 2.67. The smallest absolute Gasteiger partial charge is 0.282 e. The number of benzene rings is 2. The van der Waals surface area contributed by atoms with E-state index >= 15 is 0 Å². The van der Waals surface area contributed by atoms with E-state index in [1.807, 2.05) is 0 Å². The Kier molecular flexibility index (Phi) is 5.75. The molecule has 0 aliphatic carbocycles. The Bertz CT molecular complexity index is 954. The molecule has 2 aromatic carbocycles.